The summed E-state index contributed by atoms with van der Waals surface area (Å²) >= 11 is 12.3. The Morgan fingerprint density at radius 2 is 1.21 bits per heavy atom. The second-order valence-electron chi connectivity index (χ2n) is 6.53. The molecular weight excluding hydrogens is 395 g/mol. The van der Waals surface area contributed by atoms with Crippen LogP contribution in [0.4, 0.5) is 0 Å². The van der Waals surface area contributed by atoms with Gasteiger partial charge in [-0.05, 0) is 41.5 Å². The molecule has 0 N–H and O–H groups in total. The largest absolute Gasteiger partial charge is 0.317 e. The SMILES string of the molecule is O=c1c(=O)n(Cc2cccc(Cl)c2)c2cc(Cl)ccc2n1Cc1ccccc1. The van der Waals surface area contributed by atoms with E-state index in [1.807, 2.05) is 42.5 Å². The first kappa shape index (κ1) is 18.5. The maximum absolute atomic E-state index is 12.9. The Hall–Kier alpha value is -2.82. The Kier molecular flexibility index (Phi) is 5.07. The van der Waals surface area contributed by atoms with E-state index in [1.165, 1.54) is 9.13 Å². The minimum Gasteiger partial charge on any atom is -0.298 e. The Balaban J connectivity index is 1.93. The van der Waals surface area contributed by atoms with Crippen molar-refractivity contribution in [3.8, 4) is 0 Å². The zero-order valence-corrected chi connectivity index (χ0v) is 16.3. The molecule has 3 aromatic carbocycles. The van der Waals surface area contributed by atoms with E-state index < -0.39 is 11.1 Å². The van der Waals surface area contributed by atoms with Crippen molar-refractivity contribution in [3.05, 3.63) is 115 Å². The van der Waals surface area contributed by atoms with E-state index in [0.29, 0.717) is 27.6 Å². The molecule has 0 aliphatic rings. The fourth-order valence-corrected chi connectivity index (χ4v) is 3.67. The van der Waals surface area contributed by atoms with Gasteiger partial charge in [-0.25, -0.2) is 0 Å². The van der Waals surface area contributed by atoms with Crippen LogP contribution < -0.4 is 11.1 Å². The number of rotatable bonds is 4. The predicted octanol–water partition coefficient (Wildman–Crippen LogP) is 4.57. The van der Waals surface area contributed by atoms with E-state index >= 15 is 0 Å². The van der Waals surface area contributed by atoms with E-state index in [4.69, 9.17) is 23.2 Å². The van der Waals surface area contributed by atoms with Crippen molar-refractivity contribution in [1.82, 2.24) is 9.13 Å². The third-order valence-electron chi connectivity index (χ3n) is 4.61. The molecule has 0 saturated heterocycles. The Morgan fingerprint density at radius 1 is 0.607 bits per heavy atom. The number of benzene rings is 3. The molecule has 4 aromatic rings. The highest BCUT2D eigenvalue weighted by Gasteiger charge is 2.14. The highest BCUT2D eigenvalue weighted by atomic mass is 35.5. The van der Waals surface area contributed by atoms with Gasteiger partial charge < -0.3 is 0 Å². The summed E-state index contributed by atoms with van der Waals surface area (Å²) in [6, 6.07) is 22.0. The average Bonchev–Trinajstić information content (AvgIpc) is 2.69. The standard InChI is InChI=1S/C22H16Cl2N2O2/c23-17-8-4-7-16(11-17)14-26-20-12-18(24)9-10-19(20)25(21(27)22(26)28)13-15-5-2-1-3-6-15/h1-12H,13-14H2. The van der Waals surface area contributed by atoms with Crippen molar-refractivity contribution < 1.29 is 0 Å². The minimum absolute atomic E-state index is 0.234. The summed E-state index contributed by atoms with van der Waals surface area (Å²) in [5.74, 6) is 0. The van der Waals surface area contributed by atoms with Crippen LogP contribution in [0.5, 0.6) is 0 Å². The molecule has 1 heterocycles. The first-order valence-electron chi connectivity index (χ1n) is 8.74. The molecule has 6 heteroatoms. The van der Waals surface area contributed by atoms with Crippen LogP contribution in [-0.4, -0.2) is 9.13 Å². The first-order valence-corrected chi connectivity index (χ1v) is 9.50. The molecule has 1 aromatic heterocycles. The summed E-state index contributed by atoms with van der Waals surface area (Å²) in [5.41, 5.74) is 1.86. The molecule has 0 fully saturated rings. The van der Waals surface area contributed by atoms with Gasteiger partial charge in [0.1, 0.15) is 0 Å². The van der Waals surface area contributed by atoms with Gasteiger partial charge in [-0.1, -0.05) is 65.7 Å². The summed E-state index contributed by atoms with van der Waals surface area (Å²) in [4.78, 5) is 25.9. The van der Waals surface area contributed by atoms with Gasteiger partial charge in [0, 0.05) is 10.0 Å². The number of nitrogens with zero attached hydrogens (tertiary/aromatic N) is 2. The minimum atomic E-state index is -0.592. The van der Waals surface area contributed by atoms with E-state index in [0.717, 1.165) is 11.1 Å². The van der Waals surface area contributed by atoms with Crippen LogP contribution in [0.2, 0.25) is 10.0 Å². The van der Waals surface area contributed by atoms with Gasteiger partial charge in [-0.2, -0.15) is 0 Å². The third kappa shape index (κ3) is 3.61. The maximum atomic E-state index is 12.9. The maximum Gasteiger partial charge on any atom is 0.317 e. The molecule has 28 heavy (non-hydrogen) atoms. The number of halogens is 2. The highest BCUT2D eigenvalue weighted by Crippen LogP contribution is 2.20. The number of fused-ring (bicyclic) bond motifs is 1. The number of aromatic nitrogens is 2. The molecule has 0 atom stereocenters. The van der Waals surface area contributed by atoms with Gasteiger partial charge in [0.15, 0.2) is 0 Å². The van der Waals surface area contributed by atoms with E-state index in [9.17, 15) is 9.59 Å². The van der Waals surface area contributed by atoms with E-state index in [2.05, 4.69) is 0 Å². The van der Waals surface area contributed by atoms with Crippen molar-refractivity contribution in [2.24, 2.45) is 0 Å². The van der Waals surface area contributed by atoms with Gasteiger partial charge in [0.25, 0.3) is 0 Å². The fourth-order valence-electron chi connectivity index (χ4n) is 3.29. The van der Waals surface area contributed by atoms with Crippen molar-refractivity contribution in [2.75, 3.05) is 0 Å². The van der Waals surface area contributed by atoms with Gasteiger partial charge in [0.05, 0.1) is 24.1 Å². The Labute approximate surface area is 171 Å². The van der Waals surface area contributed by atoms with Gasteiger partial charge >= 0.3 is 11.1 Å². The van der Waals surface area contributed by atoms with Gasteiger partial charge in [0.2, 0.25) is 0 Å². The third-order valence-corrected chi connectivity index (χ3v) is 5.08. The molecule has 0 saturated carbocycles. The molecule has 0 spiro atoms. The summed E-state index contributed by atoms with van der Waals surface area (Å²) in [5, 5.41) is 1.07. The van der Waals surface area contributed by atoms with Crippen LogP contribution in [0, 0.1) is 0 Å². The highest BCUT2D eigenvalue weighted by molar-refractivity contribution is 6.31. The molecule has 0 aliphatic heterocycles. The van der Waals surface area contributed by atoms with Crippen LogP contribution in [-0.2, 0) is 13.1 Å². The van der Waals surface area contributed by atoms with Gasteiger partial charge in [-0.3, -0.25) is 18.7 Å². The molecule has 140 valence electrons. The normalized spacial score (nSPS) is 11.1. The molecule has 4 nitrogen and oxygen atoms in total. The summed E-state index contributed by atoms with van der Waals surface area (Å²) in [6.07, 6.45) is 0. The lowest BCUT2D eigenvalue weighted by atomic mass is 10.2. The quantitative estimate of drug-likeness (QED) is 0.462. The lowest BCUT2D eigenvalue weighted by Gasteiger charge is -2.16. The van der Waals surface area contributed by atoms with Crippen LogP contribution in [0.3, 0.4) is 0 Å². The first-order chi connectivity index (χ1) is 13.5. The molecule has 0 bridgehead atoms. The molecule has 0 amide bonds. The number of hydrogen-bond donors (Lipinski definition) is 0. The number of hydrogen-bond acceptors (Lipinski definition) is 2. The van der Waals surface area contributed by atoms with Crippen molar-refractivity contribution >= 4 is 34.2 Å². The summed E-state index contributed by atoms with van der Waals surface area (Å²) in [6.45, 7) is 0.544. The Bertz CT molecular complexity index is 1280. The summed E-state index contributed by atoms with van der Waals surface area (Å²) in [7, 11) is 0. The second-order valence-corrected chi connectivity index (χ2v) is 7.40. The Morgan fingerprint density at radius 3 is 1.93 bits per heavy atom. The lowest BCUT2D eigenvalue weighted by Crippen LogP contribution is -2.41. The van der Waals surface area contributed by atoms with Crippen molar-refractivity contribution in [3.63, 3.8) is 0 Å². The smallest absolute Gasteiger partial charge is 0.298 e. The van der Waals surface area contributed by atoms with Crippen molar-refractivity contribution in [1.29, 1.82) is 0 Å². The van der Waals surface area contributed by atoms with E-state index in [-0.39, 0.29) is 6.54 Å². The molecule has 0 radical (unpaired) electrons. The monoisotopic (exact) mass is 410 g/mol. The fraction of sp³-hybridized carbons (Fsp3) is 0.0909. The zero-order chi connectivity index (χ0) is 19.7. The van der Waals surface area contributed by atoms with Crippen LogP contribution >= 0.6 is 23.2 Å². The molecule has 0 aliphatic carbocycles. The van der Waals surface area contributed by atoms with Crippen LogP contribution in [0.1, 0.15) is 11.1 Å². The predicted molar refractivity (Wildman–Crippen MR) is 114 cm³/mol. The lowest BCUT2D eigenvalue weighted by molar-refractivity contribution is 0.711. The van der Waals surface area contributed by atoms with Gasteiger partial charge in [-0.15, -0.1) is 0 Å². The zero-order valence-electron chi connectivity index (χ0n) is 14.8. The summed E-state index contributed by atoms with van der Waals surface area (Å²) < 4.78 is 2.95. The van der Waals surface area contributed by atoms with Crippen LogP contribution in [0.25, 0.3) is 11.0 Å². The molecular formula is C22H16Cl2N2O2. The molecule has 4 rings (SSSR count). The second kappa shape index (κ2) is 7.66. The average molecular weight is 411 g/mol. The topological polar surface area (TPSA) is 44.0 Å². The van der Waals surface area contributed by atoms with E-state index in [1.54, 1.807) is 30.3 Å². The molecule has 0 unspecified atom stereocenters. The van der Waals surface area contributed by atoms with Crippen molar-refractivity contribution in [2.45, 2.75) is 13.1 Å². The van der Waals surface area contributed by atoms with Crippen LogP contribution in [0.15, 0.2) is 82.4 Å².